The highest BCUT2D eigenvalue weighted by Gasteiger charge is 2.22. The summed E-state index contributed by atoms with van der Waals surface area (Å²) < 4.78 is 4.83. The van der Waals surface area contributed by atoms with Crippen LogP contribution in [0.2, 0.25) is 0 Å². The van der Waals surface area contributed by atoms with E-state index in [1.54, 1.807) is 6.92 Å². The average Bonchev–Trinajstić information content (AvgIpc) is 2.02. The zero-order chi connectivity index (χ0) is 9.72. The first-order chi connectivity index (χ1) is 5.49. The van der Waals surface area contributed by atoms with Crippen molar-refractivity contribution in [2.75, 3.05) is 0 Å². The summed E-state index contributed by atoms with van der Waals surface area (Å²) in [7, 11) is 0. The standard InChI is InChI=1S/C8H13ClO3/c1-4-5(2)12-8(11)7(9)6(3)10/h5,7H,4H2,1-3H3. The second kappa shape index (κ2) is 5.14. The lowest BCUT2D eigenvalue weighted by Gasteiger charge is -2.12. The molecule has 0 aliphatic carbocycles. The van der Waals surface area contributed by atoms with Crippen LogP contribution in [0.15, 0.2) is 0 Å². The number of carbonyl (C=O) groups excluding carboxylic acids is 2. The second-order valence-corrected chi connectivity index (χ2v) is 3.07. The highest BCUT2D eigenvalue weighted by atomic mass is 35.5. The Morgan fingerprint density at radius 3 is 2.33 bits per heavy atom. The number of alkyl halides is 1. The summed E-state index contributed by atoms with van der Waals surface area (Å²) in [6, 6.07) is 0. The predicted octanol–water partition coefficient (Wildman–Crippen LogP) is 1.52. The molecule has 0 aliphatic heterocycles. The Labute approximate surface area is 77.0 Å². The molecule has 0 fully saturated rings. The number of ether oxygens (including phenoxy) is 1. The summed E-state index contributed by atoms with van der Waals surface area (Å²) in [6.07, 6.45) is 0.533. The smallest absolute Gasteiger partial charge is 0.332 e. The lowest BCUT2D eigenvalue weighted by atomic mass is 10.3. The maximum absolute atomic E-state index is 11.0. The van der Waals surface area contributed by atoms with E-state index in [1.807, 2.05) is 6.92 Å². The van der Waals surface area contributed by atoms with E-state index in [0.717, 1.165) is 0 Å². The minimum atomic E-state index is -1.15. The number of rotatable bonds is 4. The highest BCUT2D eigenvalue weighted by Crippen LogP contribution is 2.04. The van der Waals surface area contributed by atoms with Gasteiger partial charge < -0.3 is 4.74 Å². The fourth-order valence-electron chi connectivity index (χ4n) is 0.507. The number of hydrogen-bond donors (Lipinski definition) is 0. The van der Waals surface area contributed by atoms with Gasteiger partial charge in [0.2, 0.25) is 0 Å². The van der Waals surface area contributed by atoms with Gasteiger partial charge in [-0.3, -0.25) is 4.79 Å². The van der Waals surface area contributed by atoms with Crippen LogP contribution < -0.4 is 0 Å². The minimum Gasteiger partial charge on any atom is -0.461 e. The summed E-state index contributed by atoms with van der Waals surface area (Å²) in [6.45, 7) is 4.89. The molecular weight excluding hydrogens is 180 g/mol. The quantitative estimate of drug-likeness (QED) is 0.386. The van der Waals surface area contributed by atoms with Crippen molar-refractivity contribution < 1.29 is 14.3 Å². The van der Waals surface area contributed by atoms with Gasteiger partial charge in [-0.25, -0.2) is 4.79 Å². The van der Waals surface area contributed by atoms with Crippen molar-refractivity contribution in [2.24, 2.45) is 0 Å². The van der Waals surface area contributed by atoms with E-state index < -0.39 is 11.3 Å². The molecule has 0 aromatic carbocycles. The van der Waals surface area contributed by atoms with E-state index in [4.69, 9.17) is 16.3 Å². The maximum Gasteiger partial charge on any atom is 0.332 e. The number of halogens is 1. The van der Waals surface area contributed by atoms with Gasteiger partial charge in [-0.1, -0.05) is 6.92 Å². The third kappa shape index (κ3) is 3.72. The van der Waals surface area contributed by atoms with Crippen molar-refractivity contribution in [3.8, 4) is 0 Å². The number of Topliss-reactive ketones (excluding diaryl/α,β-unsaturated/α-hetero) is 1. The van der Waals surface area contributed by atoms with Gasteiger partial charge in [0.25, 0.3) is 0 Å². The monoisotopic (exact) mass is 192 g/mol. The maximum atomic E-state index is 11.0. The van der Waals surface area contributed by atoms with Crippen molar-refractivity contribution in [1.82, 2.24) is 0 Å². The highest BCUT2D eigenvalue weighted by molar-refractivity contribution is 6.40. The minimum absolute atomic E-state index is 0.182. The summed E-state index contributed by atoms with van der Waals surface area (Å²) in [5.41, 5.74) is 0. The summed E-state index contributed by atoms with van der Waals surface area (Å²) >= 11 is 5.44. The molecule has 0 bridgehead atoms. The molecule has 2 atom stereocenters. The van der Waals surface area contributed by atoms with E-state index in [0.29, 0.717) is 6.42 Å². The van der Waals surface area contributed by atoms with Gasteiger partial charge >= 0.3 is 5.97 Å². The Morgan fingerprint density at radius 1 is 1.50 bits per heavy atom. The first-order valence-electron chi connectivity index (χ1n) is 3.84. The molecule has 0 saturated heterocycles. The van der Waals surface area contributed by atoms with Crippen molar-refractivity contribution in [1.29, 1.82) is 0 Å². The molecule has 3 nitrogen and oxygen atoms in total. The molecule has 0 spiro atoms. The van der Waals surface area contributed by atoms with Gasteiger partial charge in [-0.05, 0) is 20.3 Å². The van der Waals surface area contributed by atoms with Crippen LogP contribution in [0.3, 0.4) is 0 Å². The molecule has 0 aromatic rings. The van der Waals surface area contributed by atoms with Crippen LogP contribution in [0.5, 0.6) is 0 Å². The molecule has 0 aromatic heterocycles. The van der Waals surface area contributed by atoms with Gasteiger partial charge in [0.1, 0.15) is 0 Å². The predicted molar refractivity (Wildman–Crippen MR) is 46.2 cm³/mol. The molecule has 4 heteroatoms. The Balaban J connectivity index is 3.95. The molecule has 0 aliphatic rings. The van der Waals surface area contributed by atoms with Gasteiger partial charge in [-0.15, -0.1) is 11.6 Å². The lowest BCUT2D eigenvalue weighted by Crippen LogP contribution is -2.27. The van der Waals surface area contributed by atoms with Gasteiger partial charge in [0.05, 0.1) is 6.10 Å². The SMILES string of the molecule is CCC(C)OC(=O)C(Cl)C(C)=O. The third-order valence-corrected chi connectivity index (χ3v) is 1.94. The molecule has 0 heterocycles. The zero-order valence-electron chi connectivity index (χ0n) is 7.46. The van der Waals surface area contributed by atoms with Crippen molar-refractivity contribution in [3.63, 3.8) is 0 Å². The van der Waals surface area contributed by atoms with E-state index in [9.17, 15) is 9.59 Å². The van der Waals surface area contributed by atoms with Gasteiger partial charge in [-0.2, -0.15) is 0 Å². The first-order valence-corrected chi connectivity index (χ1v) is 4.27. The third-order valence-electron chi connectivity index (χ3n) is 1.46. The fraction of sp³-hybridized carbons (Fsp3) is 0.750. The van der Waals surface area contributed by atoms with Crippen LogP contribution in [0.4, 0.5) is 0 Å². The normalized spacial score (nSPS) is 15.0. The Hall–Kier alpha value is -0.570. The largest absolute Gasteiger partial charge is 0.461 e. The Morgan fingerprint density at radius 2 is 2.00 bits per heavy atom. The van der Waals surface area contributed by atoms with Crippen molar-refractivity contribution >= 4 is 23.4 Å². The van der Waals surface area contributed by atoms with Crippen LogP contribution in [0, 0.1) is 0 Å². The Bertz CT molecular complexity index is 179. The van der Waals surface area contributed by atoms with Crippen LogP contribution in [0.1, 0.15) is 27.2 Å². The summed E-state index contributed by atoms with van der Waals surface area (Å²) in [4.78, 5) is 21.6. The molecule has 2 unspecified atom stereocenters. The molecule has 0 radical (unpaired) electrons. The summed E-state index contributed by atoms with van der Waals surface area (Å²) in [5.74, 6) is -1.04. The lowest BCUT2D eigenvalue weighted by molar-refractivity contribution is -0.149. The number of esters is 1. The number of ketones is 1. The van der Waals surface area contributed by atoms with Crippen LogP contribution in [0.25, 0.3) is 0 Å². The molecule has 12 heavy (non-hydrogen) atoms. The molecular formula is C8H13ClO3. The molecule has 70 valence electrons. The molecule has 0 N–H and O–H groups in total. The Kier molecular flexibility index (Phi) is 4.90. The van der Waals surface area contributed by atoms with E-state index in [1.165, 1.54) is 6.92 Å². The van der Waals surface area contributed by atoms with E-state index >= 15 is 0 Å². The number of carbonyl (C=O) groups is 2. The zero-order valence-corrected chi connectivity index (χ0v) is 8.22. The number of hydrogen-bond acceptors (Lipinski definition) is 3. The topological polar surface area (TPSA) is 43.4 Å². The second-order valence-electron chi connectivity index (χ2n) is 2.63. The molecule has 0 saturated carbocycles. The average molecular weight is 193 g/mol. The molecule has 0 amide bonds. The van der Waals surface area contributed by atoms with E-state index in [2.05, 4.69) is 0 Å². The van der Waals surface area contributed by atoms with Crippen LogP contribution in [-0.2, 0) is 14.3 Å². The van der Waals surface area contributed by atoms with Gasteiger partial charge in [0, 0.05) is 0 Å². The fourth-order valence-corrected chi connectivity index (χ4v) is 0.559. The van der Waals surface area contributed by atoms with E-state index in [-0.39, 0.29) is 11.9 Å². The molecule has 0 rings (SSSR count). The van der Waals surface area contributed by atoms with Crippen LogP contribution >= 0.6 is 11.6 Å². The first kappa shape index (κ1) is 11.4. The summed E-state index contributed by atoms with van der Waals surface area (Å²) in [5, 5.41) is -1.15. The van der Waals surface area contributed by atoms with Crippen molar-refractivity contribution in [3.05, 3.63) is 0 Å². The van der Waals surface area contributed by atoms with Crippen molar-refractivity contribution in [2.45, 2.75) is 38.7 Å². The van der Waals surface area contributed by atoms with Gasteiger partial charge in [0.15, 0.2) is 11.2 Å². The van der Waals surface area contributed by atoms with Crippen LogP contribution in [-0.4, -0.2) is 23.2 Å².